The molecule has 3 rings (SSSR count). The number of thioether (sulfide) groups is 1. The summed E-state index contributed by atoms with van der Waals surface area (Å²) in [5, 5.41) is 21.6. The van der Waals surface area contributed by atoms with Gasteiger partial charge in [-0.15, -0.1) is 10.2 Å². The van der Waals surface area contributed by atoms with E-state index in [1.165, 1.54) is 17.0 Å². The molecule has 0 radical (unpaired) electrons. The van der Waals surface area contributed by atoms with Gasteiger partial charge in [0, 0.05) is 13.0 Å². The predicted molar refractivity (Wildman–Crippen MR) is 95.6 cm³/mol. The monoisotopic (exact) mass is 405 g/mol. The van der Waals surface area contributed by atoms with Crippen molar-refractivity contribution < 1.29 is 28.7 Å². The summed E-state index contributed by atoms with van der Waals surface area (Å²) in [5.41, 5.74) is 0.177. The van der Waals surface area contributed by atoms with E-state index in [2.05, 4.69) is 20.8 Å². The van der Waals surface area contributed by atoms with Gasteiger partial charge in [0.15, 0.2) is 0 Å². The molecule has 2 aromatic rings. The van der Waals surface area contributed by atoms with E-state index in [-0.39, 0.29) is 53.5 Å². The lowest BCUT2D eigenvalue weighted by molar-refractivity contribution is -0.121. The molecule has 4 amide bonds. The number of aromatic nitrogens is 2. The van der Waals surface area contributed by atoms with Crippen LogP contribution in [0.15, 0.2) is 33.9 Å². The van der Waals surface area contributed by atoms with Crippen LogP contribution in [0.1, 0.15) is 22.7 Å². The number of nitrogens with one attached hydrogen (secondary N) is 2. The number of carboxylic acids is 1. The van der Waals surface area contributed by atoms with E-state index >= 15 is 0 Å². The Hall–Kier alpha value is -3.41. The minimum atomic E-state index is -1.14. The maximum Gasteiger partial charge on any atom is 0.337 e. The Balaban J connectivity index is 1.52. The van der Waals surface area contributed by atoms with Crippen LogP contribution >= 0.6 is 11.8 Å². The summed E-state index contributed by atoms with van der Waals surface area (Å²) in [5.74, 6) is -1.82. The fourth-order valence-electron chi connectivity index (χ4n) is 2.37. The standard InChI is InChI=1S/C16H15N5O6S/c22-11-5-6-21(15(26)18-11)7-13-19-20-16(27-13)28-8-12(23)17-10-4-2-1-3-9(10)14(24)25/h1-4H,5-8H2,(H,17,23)(H,24,25)(H,18,22,26). The van der Waals surface area contributed by atoms with Gasteiger partial charge in [-0.25, -0.2) is 9.59 Å². The largest absolute Gasteiger partial charge is 0.478 e. The number of carbonyl (C=O) groups is 4. The van der Waals surface area contributed by atoms with E-state index in [1.807, 2.05) is 0 Å². The quantitative estimate of drug-likeness (QED) is 0.571. The van der Waals surface area contributed by atoms with Crippen molar-refractivity contribution in [3.63, 3.8) is 0 Å². The zero-order valence-electron chi connectivity index (χ0n) is 14.4. The minimum Gasteiger partial charge on any atom is -0.478 e. The molecule has 1 fully saturated rings. The predicted octanol–water partition coefficient (Wildman–Crippen LogP) is 0.940. The fraction of sp³-hybridized carbons (Fsp3) is 0.250. The van der Waals surface area contributed by atoms with Gasteiger partial charge in [0.25, 0.3) is 5.22 Å². The first-order valence-corrected chi connectivity index (χ1v) is 9.07. The van der Waals surface area contributed by atoms with Crippen LogP contribution in [-0.4, -0.2) is 56.3 Å². The maximum absolute atomic E-state index is 12.1. The Morgan fingerprint density at radius 1 is 1.29 bits per heavy atom. The summed E-state index contributed by atoms with van der Waals surface area (Å²) in [4.78, 5) is 47.4. The van der Waals surface area contributed by atoms with Crippen molar-refractivity contribution in [2.24, 2.45) is 0 Å². The van der Waals surface area contributed by atoms with Crippen molar-refractivity contribution in [2.45, 2.75) is 18.2 Å². The van der Waals surface area contributed by atoms with Crippen molar-refractivity contribution >= 4 is 41.3 Å². The van der Waals surface area contributed by atoms with E-state index in [9.17, 15) is 19.2 Å². The highest BCUT2D eigenvalue weighted by Gasteiger charge is 2.24. The molecule has 1 aliphatic rings. The molecule has 1 aromatic carbocycles. The molecule has 1 saturated heterocycles. The summed E-state index contributed by atoms with van der Waals surface area (Å²) < 4.78 is 5.38. The number of aromatic carboxylic acids is 1. The van der Waals surface area contributed by atoms with Gasteiger partial charge in [0.2, 0.25) is 17.7 Å². The summed E-state index contributed by atoms with van der Waals surface area (Å²) >= 11 is 0.973. The Bertz CT molecular complexity index is 930. The van der Waals surface area contributed by atoms with Crippen molar-refractivity contribution in [3.8, 4) is 0 Å². The van der Waals surface area contributed by atoms with Crippen LogP contribution < -0.4 is 10.6 Å². The summed E-state index contributed by atoms with van der Waals surface area (Å²) in [7, 11) is 0. The zero-order valence-corrected chi connectivity index (χ0v) is 15.2. The first-order valence-electron chi connectivity index (χ1n) is 8.08. The molecule has 0 saturated carbocycles. The smallest absolute Gasteiger partial charge is 0.337 e. The third-order valence-electron chi connectivity index (χ3n) is 3.68. The normalized spacial score (nSPS) is 13.9. The van der Waals surface area contributed by atoms with Gasteiger partial charge in [-0.05, 0) is 12.1 Å². The summed E-state index contributed by atoms with van der Waals surface area (Å²) in [6.07, 6.45) is 0.194. The first-order chi connectivity index (χ1) is 13.4. The van der Waals surface area contributed by atoms with E-state index in [4.69, 9.17) is 9.52 Å². The number of urea groups is 1. The molecule has 0 bridgehead atoms. The van der Waals surface area contributed by atoms with Gasteiger partial charge >= 0.3 is 12.0 Å². The molecule has 1 aliphatic heterocycles. The highest BCUT2D eigenvalue weighted by Crippen LogP contribution is 2.19. The van der Waals surface area contributed by atoms with E-state index in [0.717, 1.165) is 11.8 Å². The third kappa shape index (κ3) is 4.85. The molecular weight excluding hydrogens is 390 g/mol. The molecule has 1 aromatic heterocycles. The van der Waals surface area contributed by atoms with E-state index in [1.54, 1.807) is 12.1 Å². The van der Waals surface area contributed by atoms with Crippen LogP contribution in [-0.2, 0) is 16.1 Å². The number of nitrogens with zero attached hydrogens (tertiary/aromatic N) is 3. The van der Waals surface area contributed by atoms with Gasteiger partial charge < -0.3 is 19.7 Å². The van der Waals surface area contributed by atoms with E-state index < -0.39 is 17.9 Å². The van der Waals surface area contributed by atoms with Crippen LogP contribution in [0.5, 0.6) is 0 Å². The van der Waals surface area contributed by atoms with Gasteiger partial charge in [0.1, 0.15) is 6.54 Å². The van der Waals surface area contributed by atoms with Gasteiger partial charge in [-0.3, -0.25) is 14.9 Å². The number of amides is 4. The Morgan fingerprint density at radius 3 is 2.82 bits per heavy atom. The zero-order chi connectivity index (χ0) is 20.1. The minimum absolute atomic E-state index is 0.0146. The number of rotatable bonds is 7. The van der Waals surface area contributed by atoms with Crippen molar-refractivity contribution in [1.82, 2.24) is 20.4 Å². The number of para-hydroxylation sites is 1. The maximum atomic E-state index is 12.1. The second kappa shape index (κ2) is 8.52. The van der Waals surface area contributed by atoms with Crippen molar-refractivity contribution in [1.29, 1.82) is 0 Å². The van der Waals surface area contributed by atoms with Crippen LogP contribution in [0.25, 0.3) is 0 Å². The molecule has 146 valence electrons. The number of hydrogen-bond acceptors (Lipinski definition) is 8. The van der Waals surface area contributed by atoms with Crippen LogP contribution in [0, 0.1) is 0 Å². The molecule has 0 aliphatic carbocycles. The average molecular weight is 405 g/mol. The summed E-state index contributed by atoms with van der Waals surface area (Å²) in [6.45, 7) is 0.297. The first kappa shape index (κ1) is 19.4. The second-order valence-electron chi connectivity index (χ2n) is 5.67. The van der Waals surface area contributed by atoms with Gasteiger partial charge in [-0.1, -0.05) is 23.9 Å². The number of carbonyl (C=O) groups excluding carboxylic acids is 3. The van der Waals surface area contributed by atoms with Crippen LogP contribution in [0.3, 0.4) is 0 Å². The van der Waals surface area contributed by atoms with E-state index in [0.29, 0.717) is 0 Å². The Morgan fingerprint density at radius 2 is 2.07 bits per heavy atom. The molecule has 11 nitrogen and oxygen atoms in total. The van der Waals surface area contributed by atoms with Crippen LogP contribution in [0.4, 0.5) is 10.5 Å². The lowest BCUT2D eigenvalue weighted by atomic mass is 10.2. The lowest BCUT2D eigenvalue weighted by Crippen LogP contribution is -2.48. The van der Waals surface area contributed by atoms with Gasteiger partial charge in [-0.2, -0.15) is 0 Å². The molecule has 0 unspecified atom stereocenters. The van der Waals surface area contributed by atoms with Crippen molar-refractivity contribution in [3.05, 3.63) is 35.7 Å². The topological polar surface area (TPSA) is 155 Å². The second-order valence-corrected chi connectivity index (χ2v) is 6.60. The van der Waals surface area contributed by atoms with Crippen LogP contribution in [0.2, 0.25) is 0 Å². The molecule has 0 spiro atoms. The molecule has 0 atom stereocenters. The average Bonchev–Trinajstić information content (AvgIpc) is 3.10. The van der Waals surface area contributed by atoms with Gasteiger partial charge in [0.05, 0.1) is 17.0 Å². The highest BCUT2D eigenvalue weighted by molar-refractivity contribution is 7.99. The molecule has 28 heavy (non-hydrogen) atoms. The molecule has 12 heteroatoms. The fourth-order valence-corrected chi connectivity index (χ4v) is 2.95. The molecule has 3 N–H and O–H groups in total. The Kier molecular flexibility index (Phi) is 5.89. The lowest BCUT2D eigenvalue weighted by Gasteiger charge is -2.24. The molecular formula is C16H15N5O6S. The Labute approximate surface area is 162 Å². The highest BCUT2D eigenvalue weighted by atomic mass is 32.2. The number of anilines is 1. The number of carboxylic acid groups (broad SMARTS) is 1. The number of imide groups is 1. The third-order valence-corrected chi connectivity index (χ3v) is 4.49. The number of benzene rings is 1. The van der Waals surface area contributed by atoms with Crippen molar-refractivity contribution in [2.75, 3.05) is 17.6 Å². The SMILES string of the molecule is O=C1CCN(Cc2nnc(SCC(=O)Nc3ccccc3C(=O)O)o2)C(=O)N1. The molecule has 2 heterocycles. The summed E-state index contributed by atoms with van der Waals surface area (Å²) in [6, 6.07) is 5.53. The number of hydrogen-bond donors (Lipinski definition) is 3.